The van der Waals surface area contributed by atoms with Gasteiger partial charge >= 0.3 is 0 Å². The van der Waals surface area contributed by atoms with Crippen molar-refractivity contribution in [3.63, 3.8) is 0 Å². The highest BCUT2D eigenvalue weighted by Crippen LogP contribution is 2.55. The molecule has 0 N–H and O–H groups in total. The van der Waals surface area contributed by atoms with Crippen molar-refractivity contribution in [3.8, 4) is 44.5 Å². The van der Waals surface area contributed by atoms with E-state index >= 15 is 0 Å². The molecular weight excluding hydrogens is 737 g/mol. The van der Waals surface area contributed by atoms with Crippen LogP contribution in [0.15, 0.2) is 186 Å². The van der Waals surface area contributed by atoms with Crippen molar-refractivity contribution in [2.24, 2.45) is 5.92 Å². The summed E-state index contributed by atoms with van der Waals surface area (Å²) in [5, 5.41) is 9.87. The predicted octanol–water partition coefficient (Wildman–Crippen LogP) is 16.5. The van der Waals surface area contributed by atoms with E-state index in [0.717, 1.165) is 22.1 Å². The standard InChI is InChI=1S/C60H44O/c1-59(2)50-19-11-9-15-41(50)43-26-23-38(32-52(43)59)56-45-17-7-8-18-46(45)57(39-24-27-44-42-16-10-12-20-51(42)60(3,4)53(44)33-39)49-31-36(21-28-47(49)56)37-22-29-48-55(34-37)61-54-30-25-35-13-5-6-14-40(35)58(48)54/h5-34,42,51H,1-4H3. The normalized spacial score (nSPS) is 18.0. The molecule has 3 aliphatic rings. The first-order chi connectivity index (χ1) is 29.8. The van der Waals surface area contributed by atoms with Gasteiger partial charge in [-0.25, -0.2) is 0 Å². The summed E-state index contributed by atoms with van der Waals surface area (Å²) in [6.45, 7) is 9.63. The highest BCUT2D eigenvalue weighted by atomic mass is 16.3. The number of allylic oxidation sites excluding steroid dienone is 4. The van der Waals surface area contributed by atoms with E-state index in [-0.39, 0.29) is 10.8 Å². The lowest BCUT2D eigenvalue weighted by molar-refractivity contribution is 0.394. The van der Waals surface area contributed by atoms with E-state index in [2.05, 4.69) is 210 Å². The number of hydrogen-bond donors (Lipinski definition) is 0. The van der Waals surface area contributed by atoms with Crippen LogP contribution in [0.2, 0.25) is 0 Å². The fourth-order valence-electron chi connectivity index (χ4n) is 11.9. The molecule has 1 heterocycles. The van der Waals surface area contributed by atoms with Gasteiger partial charge < -0.3 is 4.42 Å². The van der Waals surface area contributed by atoms with E-state index in [9.17, 15) is 0 Å². The molecule has 290 valence electrons. The predicted molar refractivity (Wildman–Crippen MR) is 258 cm³/mol. The summed E-state index contributed by atoms with van der Waals surface area (Å²) >= 11 is 0. The minimum atomic E-state index is -0.0962. The molecule has 61 heavy (non-hydrogen) atoms. The summed E-state index contributed by atoms with van der Waals surface area (Å²) in [7, 11) is 0. The second kappa shape index (κ2) is 12.3. The van der Waals surface area contributed by atoms with Gasteiger partial charge in [0.05, 0.1) is 0 Å². The Morgan fingerprint density at radius 1 is 0.426 bits per heavy atom. The molecule has 0 aliphatic heterocycles. The van der Waals surface area contributed by atoms with Crippen LogP contribution in [-0.4, -0.2) is 0 Å². The number of fused-ring (bicyclic) bond motifs is 13. The van der Waals surface area contributed by atoms with Gasteiger partial charge in [-0.1, -0.05) is 179 Å². The van der Waals surface area contributed by atoms with Gasteiger partial charge in [-0.3, -0.25) is 0 Å². The molecule has 0 saturated heterocycles. The van der Waals surface area contributed by atoms with Gasteiger partial charge in [-0.15, -0.1) is 0 Å². The van der Waals surface area contributed by atoms with Gasteiger partial charge in [-0.2, -0.15) is 0 Å². The van der Waals surface area contributed by atoms with E-state index in [4.69, 9.17) is 4.42 Å². The molecule has 0 amide bonds. The van der Waals surface area contributed by atoms with Gasteiger partial charge in [0.15, 0.2) is 0 Å². The van der Waals surface area contributed by atoms with Crippen molar-refractivity contribution in [1.29, 1.82) is 0 Å². The van der Waals surface area contributed by atoms with Crippen molar-refractivity contribution >= 4 is 54.3 Å². The van der Waals surface area contributed by atoms with Crippen LogP contribution in [0.5, 0.6) is 0 Å². The van der Waals surface area contributed by atoms with Crippen molar-refractivity contribution < 1.29 is 4.42 Å². The average molecular weight is 781 g/mol. The van der Waals surface area contributed by atoms with Crippen LogP contribution in [-0.2, 0) is 10.8 Å². The molecule has 1 heteroatoms. The third-order valence-electron chi connectivity index (χ3n) is 15.0. The summed E-state index contributed by atoms with van der Waals surface area (Å²) in [6, 6.07) is 59.5. The van der Waals surface area contributed by atoms with Crippen molar-refractivity contribution in [1.82, 2.24) is 0 Å². The Hall–Kier alpha value is -6.96. The molecule has 1 aromatic heterocycles. The molecule has 0 saturated carbocycles. The Bertz CT molecular complexity index is 3600. The second-order valence-corrected chi connectivity index (χ2v) is 18.8. The Kier molecular flexibility index (Phi) is 7.03. The number of rotatable bonds is 3. The fourth-order valence-corrected chi connectivity index (χ4v) is 11.9. The van der Waals surface area contributed by atoms with Crippen LogP contribution < -0.4 is 0 Å². The second-order valence-electron chi connectivity index (χ2n) is 18.8. The van der Waals surface area contributed by atoms with Gasteiger partial charge in [0.1, 0.15) is 11.2 Å². The maximum Gasteiger partial charge on any atom is 0.136 e. The maximum atomic E-state index is 6.61. The number of furan rings is 1. The minimum Gasteiger partial charge on any atom is -0.456 e. The quantitative estimate of drug-likeness (QED) is 0.163. The molecule has 0 fully saturated rings. The molecule has 0 bridgehead atoms. The molecule has 13 rings (SSSR count). The van der Waals surface area contributed by atoms with Crippen LogP contribution in [0.3, 0.4) is 0 Å². The lowest BCUT2D eigenvalue weighted by Crippen LogP contribution is -2.24. The Morgan fingerprint density at radius 3 is 1.89 bits per heavy atom. The summed E-state index contributed by atoms with van der Waals surface area (Å²) in [5.74, 6) is 0.861. The minimum absolute atomic E-state index is 0.0100. The van der Waals surface area contributed by atoms with Gasteiger partial charge in [0.25, 0.3) is 0 Å². The largest absolute Gasteiger partial charge is 0.456 e. The Balaban J connectivity index is 1.07. The fraction of sp³-hybridized carbons (Fsp3) is 0.133. The molecule has 0 spiro atoms. The maximum absolute atomic E-state index is 6.61. The zero-order valence-electron chi connectivity index (χ0n) is 34.9. The summed E-state index contributed by atoms with van der Waals surface area (Å²) in [4.78, 5) is 0. The van der Waals surface area contributed by atoms with Crippen molar-refractivity contribution in [2.45, 2.75) is 44.4 Å². The first kappa shape index (κ1) is 34.9. The smallest absolute Gasteiger partial charge is 0.136 e. The first-order valence-corrected chi connectivity index (χ1v) is 21.8. The van der Waals surface area contributed by atoms with Crippen LogP contribution >= 0.6 is 0 Å². The third-order valence-corrected chi connectivity index (χ3v) is 15.0. The zero-order valence-corrected chi connectivity index (χ0v) is 34.9. The number of hydrogen-bond acceptors (Lipinski definition) is 1. The molecule has 2 unspecified atom stereocenters. The van der Waals surface area contributed by atoms with Crippen LogP contribution in [0, 0.1) is 5.92 Å². The monoisotopic (exact) mass is 780 g/mol. The first-order valence-electron chi connectivity index (χ1n) is 21.8. The van der Waals surface area contributed by atoms with Crippen LogP contribution in [0.1, 0.15) is 55.9 Å². The average Bonchev–Trinajstić information content (AvgIpc) is 3.87. The summed E-state index contributed by atoms with van der Waals surface area (Å²) in [5.41, 5.74) is 17.6. The molecule has 3 aliphatic carbocycles. The molecule has 1 nitrogen and oxygen atoms in total. The van der Waals surface area contributed by atoms with Gasteiger partial charge in [-0.05, 0) is 141 Å². The van der Waals surface area contributed by atoms with E-state index in [0.29, 0.717) is 11.8 Å². The van der Waals surface area contributed by atoms with Crippen molar-refractivity contribution in [2.75, 3.05) is 0 Å². The van der Waals surface area contributed by atoms with E-state index in [1.54, 1.807) is 0 Å². The van der Waals surface area contributed by atoms with Crippen LogP contribution in [0.4, 0.5) is 0 Å². The SMILES string of the molecule is CC1(C)c2ccccc2-c2ccc(-c3c4ccccc4c(-c4ccc5c(c4)C(C)(C)C4C=CC=CC54)c4cc(-c5ccc6c(c5)oc5ccc7ccccc7c56)ccc34)cc21. The summed E-state index contributed by atoms with van der Waals surface area (Å²) in [6.07, 6.45) is 9.29. The lowest BCUT2D eigenvalue weighted by atomic mass is 9.74. The highest BCUT2D eigenvalue weighted by Gasteiger charge is 2.44. The van der Waals surface area contributed by atoms with E-state index in [1.807, 2.05) is 0 Å². The molecule has 9 aromatic carbocycles. The summed E-state index contributed by atoms with van der Waals surface area (Å²) < 4.78 is 6.61. The Morgan fingerprint density at radius 2 is 1.05 bits per heavy atom. The van der Waals surface area contributed by atoms with Gasteiger partial charge in [0, 0.05) is 22.1 Å². The molecule has 10 aromatic rings. The van der Waals surface area contributed by atoms with Crippen molar-refractivity contribution in [3.05, 3.63) is 204 Å². The third kappa shape index (κ3) is 4.78. The highest BCUT2D eigenvalue weighted by molar-refractivity contribution is 6.23. The van der Waals surface area contributed by atoms with E-state index in [1.165, 1.54) is 98.9 Å². The van der Waals surface area contributed by atoms with Crippen LogP contribution in [0.25, 0.3) is 98.8 Å². The lowest BCUT2D eigenvalue weighted by Gasteiger charge is -2.29. The van der Waals surface area contributed by atoms with E-state index < -0.39 is 0 Å². The topological polar surface area (TPSA) is 13.1 Å². The Labute approximate surface area is 356 Å². The zero-order chi connectivity index (χ0) is 40.8. The molecular formula is C60H44O. The molecule has 0 radical (unpaired) electrons. The molecule has 2 atom stereocenters. The number of benzene rings is 9. The van der Waals surface area contributed by atoms with Gasteiger partial charge in [0.2, 0.25) is 0 Å².